The fourth-order valence-electron chi connectivity index (χ4n) is 2.85. The first kappa shape index (κ1) is 14.7. The summed E-state index contributed by atoms with van der Waals surface area (Å²) in [5.74, 6) is 1.64. The monoisotopic (exact) mass is 284 g/mol. The second kappa shape index (κ2) is 6.66. The molecule has 1 fully saturated rings. The Kier molecular flexibility index (Phi) is 5.16. The maximum Gasteiger partial charge on any atom is 0.138 e. The van der Waals surface area contributed by atoms with Gasteiger partial charge in [0, 0.05) is 34.7 Å². The van der Waals surface area contributed by atoms with E-state index in [0.717, 1.165) is 42.2 Å². The highest BCUT2D eigenvalue weighted by Crippen LogP contribution is 2.24. The van der Waals surface area contributed by atoms with Crippen LogP contribution in [0.4, 0.5) is 0 Å². The normalized spacial score (nSPS) is 25.4. The zero-order chi connectivity index (χ0) is 13.8. The molecule has 1 aliphatic carbocycles. The van der Waals surface area contributed by atoms with Crippen molar-refractivity contribution in [2.45, 2.75) is 64.3 Å². The summed E-state index contributed by atoms with van der Waals surface area (Å²) in [5.41, 5.74) is 2.10. The maximum atomic E-state index is 12.1. The molecule has 0 radical (unpaired) electrons. The van der Waals surface area contributed by atoms with E-state index in [9.17, 15) is 4.21 Å². The van der Waals surface area contributed by atoms with Crippen molar-refractivity contribution >= 4 is 10.8 Å². The minimum Gasteiger partial charge on any atom is -0.361 e. The summed E-state index contributed by atoms with van der Waals surface area (Å²) >= 11 is 0. The van der Waals surface area contributed by atoms with E-state index < -0.39 is 10.8 Å². The van der Waals surface area contributed by atoms with Gasteiger partial charge >= 0.3 is 0 Å². The molecule has 1 N–H and O–H groups in total. The molecular formula is C14H24N2O2S. The number of hydrogen-bond acceptors (Lipinski definition) is 4. The third kappa shape index (κ3) is 3.45. The van der Waals surface area contributed by atoms with Gasteiger partial charge in [-0.1, -0.05) is 24.9 Å². The fraction of sp³-hybridized carbons (Fsp3) is 0.786. The number of aryl methyl sites for hydroxylation is 2. The zero-order valence-corrected chi connectivity index (χ0v) is 12.9. The smallest absolute Gasteiger partial charge is 0.138 e. The van der Waals surface area contributed by atoms with E-state index in [1.54, 1.807) is 0 Å². The molecular weight excluding hydrogens is 260 g/mol. The van der Waals surface area contributed by atoms with Crippen molar-refractivity contribution in [3.63, 3.8) is 0 Å². The summed E-state index contributed by atoms with van der Waals surface area (Å²) in [6.45, 7) is 6.69. The topological polar surface area (TPSA) is 55.1 Å². The van der Waals surface area contributed by atoms with Gasteiger partial charge in [-0.25, -0.2) is 0 Å². The van der Waals surface area contributed by atoms with Crippen LogP contribution in [0, 0.1) is 13.8 Å². The van der Waals surface area contributed by atoms with Crippen molar-refractivity contribution in [3.05, 3.63) is 17.0 Å². The number of aromatic nitrogens is 1. The lowest BCUT2D eigenvalue weighted by molar-refractivity contribution is 0.373. The molecule has 1 heterocycles. The van der Waals surface area contributed by atoms with Crippen LogP contribution in [-0.2, 0) is 17.3 Å². The molecule has 19 heavy (non-hydrogen) atoms. The largest absolute Gasteiger partial charge is 0.361 e. The summed E-state index contributed by atoms with van der Waals surface area (Å²) in [6, 6.07) is 0.364. The molecule has 3 atom stereocenters. The summed E-state index contributed by atoms with van der Waals surface area (Å²) in [6.07, 6.45) is 4.65. The SMILES string of the molecule is CC[S@@](=O)[C@H]1CCCC[C@@H]1NCc1c(C)noc1C. The summed E-state index contributed by atoms with van der Waals surface area (Å²) in [4.78, 5) is 0. The Hall–Kier alpha value is -0.680. The first-order chi connectivity index (χ1) is 9.13. The quantitative estimate of drug-likeness (QED) is 0.902. The molecule has 2 rings (SSSR count). The molecule has 0 saturated heterocycles. The first-order valence-corrected chi connectivity index (χ1v) is 8.54. The molecule has 1 aromatic heterocycles. The number of nitrogens with one attached hydrogen (secondary N) is 1. The number of hydrogen-bond donors (Lipinski definition) is 1. The van der Waals surface area contributed by atoms with Crippen molar-refractivity contribution in [3.8, 4) is 0 Å². The summed E-state index contributed by atoms with van der Waals surface area (Å²) in [7, 11) is -0.704. The van der Waals surface area contributed by atoms with Crippen LogP contribution in [-0.4, -0.2) is 26.4 Å². The van der Waals surface area contributed by atoms with E-state index in [1.165, 1.54) is 12.8 Å². The Labute approximate surface area is 117 Å². The van der Waals surface area contributed by atoms with Crippen LogP contribution in [0.5, 0.6) is 0 Å². The predicted molar refractivity (Wildman–Crippen MR) is 77.5 cm³/mol. The summed E-state index contributed by atoms with van der Waals surface area (Å²) < 4.78 is 17.3. The van der Waals surface area contributed by atoms with Crippen molar-refractivity contribution in [1.82, 2.24) is 10.5 Å². The number of rotatable bonds is 5. The van der Waals surface area contributed by atoms with Crippen molar-refractivity contribution in [2.24, 2.45) is 0 Å². The summed E-state index contributed by atoms with van der Waals surface area (Å²) in [5, 5.41) is 7.86. The van der Waals surface area contributed by atoms with Crippen LogP contribution in [0.3, 0.4) is 0 Å². The van der Waals surface area contributed by atoms with E-state index in [0.29, 0.717) is 11.3 Å². The molecule has 0 spiro atoms. The van der Waals surface area contributed by atoms with Crippen LogP contribution in [0.25, 0.3) is 0 Å². The molecule has 0 aromatic carbocycles. The molecule has 0 amide bonds. The Morgan fingerprint density at radius 2 is 2.11 bits per heavy atom. The second-order valence-corrected chi connectivity index (χ2v) is 7.23. The third-order valence-electron chi connectivity index (χ3n) is 4.05. The van der Waals surface area contributed by atoms with E-state index in [1.807, 2.05) is 20.8 Å². The predicted octanol–water partition coefficient (Wildman–Crippen LogP) is 2.46. The molecule has 1 aromatic rings. The molecule has 4 nitrogen and oxygen atoms in total. The van der Waals surface area contributed by atoms with Gasteiger partial charge < -0.3 is 9.84 Å². The maximum absolute atomic E-state index is 12.1. The van der Waals surface area contributed by atoms with Crippen molar-refractivity contribution in [1.29, 1.82) is 0 Å². The van der Waals surface area contributed by atoms with Crippen molar-refractivity contribution in [2.75, 3.05) is 5.75 Å². The molecule has 0 unspecified atom stereocenters. The van der Waals surface area contributed by atoms with Crippen LogP contribution >= 0.6 is 0 Å². The third-order valence-corrected chi connectivity index (χ3v) is 5.86. The highest BCUT2D eigenvalue weighted by Gasteiger charge is 2.29. The van der Waals surface area contributed by atoms with Gasteiger partial charge in [0.2, 0.25) is 0 Å². The van der Waals surface area contributed by atoms with Crippen LogP contribution in [0.15, 0.2) is 4.52 Å². The molecule has 1 aliphatic rings. The Morgan fingerprint density at radius 1 is 1.37 bits per heavy atom. The van der Waals surface area contributed by atoms with Crippen LogP contribution in [0.2, 0.25) is 0 Å². The van der Waals surface area contributed by atoms with Gasteiger partial charge in [0.1, 0.15) is 5.76 Å². The highest BCUT2D eigenvalue weighted by atomic mass is 32.2. The van der Waals surface area contributed by atoms with Gasteiger partial charge in [-0.2, -0.15) is 0 Å². The van der Waals surface area contributed by atoms with Crippen LogP contribution < -0.4 is 5.32 Å². The van der Waals surface area contributed by atoms with Gasteiger partial charge in [0.05, 0.1) is 10.9 Å². The second-order valence-electron chi connectivity index (χ2n) is 5.28. The van der Waals surface area contributed by atoms with Crippen molar-refractivity contribution < 1.29 is 8.73 Å². The van der Waals surface area contributed by atoms with E-state index in [-0.39, 0.29) is 0 Å². The standard InChI is InChI=1S/C14H24N2O2S/c1-4-19(17)14-8-6-5-7-13(14)15-9-12-10(2)16-18-11(12)3/h13-15H,4-9H2,1-3H3/t13-,14-,19+/m0/s1. The Balaban J connectivity index is 1.98. The van der Waals surface area contributed by atoms with Crippen LogP contribution in [0.1, 0.15) is 49.6 Å². The van der Waals surface area contributed by atoms with E-state index >= 15 is 0 Å². The van der Waals surface area contributed by atoms with E-state index in [2.05, 4.69) is 10.5 Å². The van der Waals surface area contributed by atoms with Gasteiger partial charge in [0.25, 0.3) is 0 Å². The van der Waals surface area contributed by atoms with E-state index in [4.69, 9.17) is 4.52 Å². The lowest BCUT2D eigenvalue weighted by Crippen LogP contribution is -2.44. The Bertz CT molecular complexity index is 425. The lowest BCUT2D eigenvalue weighted by atomic mass is 9.94. The molecule has 1 saturated carbocycles. The average Bonchev–Trinajstić information content (AvgIpc) is 2.75. The highest BCUT2D eigenvalue weighted by molar-refractivity contribution is 7.85. The minimum atomic E-state index is -0.704. The Morgan fingerprint density at radius 3 is 2.74 bits per heavy atom. The average molecular weight is 284 g/mol. The fourth-order valence-corrected chi connectivity index (χ4v) is 4.30. The van der Waals surface area contributed by atoms with Gasteiger partial charge in [-0.15, -0.1) is 0 Å². The van der Waals surface area contributed by atoms with Gasteiger partial charge in [0.15, 0.2) is 0 Å². The first-order valence-electron chi connectivity index (χ1n) is 7.15. The molecule has 0 bridgehead atoms. The molecule has 0 aliphatic heterocycles. The lowest BCUT2D eigenvalue weighted by Gasteiger charge is -2.31. The molecule has 108 valence electrons. The number of nitrogens with zero attached hydrogens (tertiary/aromatic N) is 1. The zero-order valence-electron chi connectivity index (χ0n) is 12.1. The molecule has 5 heteroatoms. The van der Waals surface area contributed by atoms with Gasteiger partial charge in [-0.3, -0.25) is 4.21 Å². The minimum absolute atomic E-state index is 0.305. The van der Waals surface area contributed by atoms with Gasteiger partial charge in [-0.05, 0) is 26.7 Å².